The molecular weight excluding hydrogens is 416 g/mol. The molecule has 0 saturated heterocycles. The molecular formula is C18H15ClF4N4O2. The molecule has 1 aliphatic rings. The Bertz CT molecular complexity index is 917. The van der Waals surface area contributed by atoms with Crippen LogP contribution in [0.5, 0.6) is 0 Å². The summed E-state index contributed by atoms with van der Waals surface area (Å²) in [5.41, 5.74) is -1.73. The number of carbonyl (C=O) groups excluding carboxylic acids is 2. The average molecular weight is 431 g/mol. The molecule has 3 rings (SSSR count). The van der Waals surface area contributed by atoms with Gasteiger partial charge in [0.25, 0.3) is 5.91 Å². The van der Waals surface area contributed by atoms with Gasteiger partial charge in [0, 0.05) is 12.1 Å². The monoisotopic (exact) mass is 430 g/mol. The molecule has 0 bridgehead atoms. The number of anilines is 1. The van der Waals surface area contributed by atoms with Gasteiger partial charge in [-0.1, -0.05) is 11.6 Å². The number of halogens is 5. The van der Waals surface area contributed by atoms with Crippen molar-refractivity contribution in [3.05, 3.63) is 52.6 Å². The predicted octanol–water partition coefficient (Wildman–Crippen LogP) is 3.78. The summed E-state index contributed by atoms with van der Waals surface area (Å²) in [4.78, 5) is 33.8. The van der Waals surface area contributed by atoms with Crippen LogP contribution in [0.25, 0.3) is 0 Å². The van der Waals surface area contributed by atoms with E-state index in [0.717, 1.165) is 18.9 Å². The van der Waals surface area contributed by atoms with Gasteiger partial charge >= 0.3 is 6.18 Å². The molecule has 0 atom stereocenters. The molecule has 2 aromatic rings. The molecule has 1 aliphatic carbocycles. The summed E-state index contributed by atoms with van der Waals surface area (Å²) < 4.78 is 52.0. The van der Waals surface area contributed by atoms with E-state index in [4.69, 9.17) is 11.6 Å². The minimum absolute atomic E-state index is 0.0150. The number of nitrogens with one attached hydrogen (secondary N) is 1. The van der Waals surface area contributed by atoms with Crippen LogP contribution in [0.3, 0.4) is 0 Å². The van der Waals surface area contributed by atoms with Gasteiger partial charge in [-0.25, -0.2) is 14.4 Å². The van der Waals surface area contributed by atoms with Crippen LogP contribution < -0.4 is 5.32 Å². The predicted molar refractivity (Wildman–Crippen MR) is 95.7 cm³/mol. The molecule has 6 nitrogen and oxygen atoms in total. The van der Waals surface area contributed by atoms with Crippen LogP contribution in [-0.4, -0.2) is 39.8 Å². The van der Waals surface area contributed by atoms with Gasteiger partial charge in [0.05, 0.1) is 23.0 Å². The third-order valence-corrected chi connectivity index (χ3v) is 4.39. The number of amides is 2. The standard InChI is InChI=1S/C18H15ClF4N4O2/c19-12-6-24-17(25-7-12)26-15(28)9-27(8-10-1-2-10)16(29)11-3-4-13(14(20)5-11)18(21,22)23/h3-7,10H,1-2,8-9H2,(H,24,25,26,28). The highest BCUT2D eigenvalue weighted by molar-refractivity contribution is 6.30. The second-order valence-electron chi connectivity index (χ2n) is 6.59. The summed E-state index contributed by atoms with van der Waals surface area (Å²) in [5, 5.41) is 2.68. The largest absolute Gasteiger partial charge is 0.419 e. The van der Waals surface area contributed by atoms with Gasteiger partial charge in [-0.15, -0.1) is 0 Å². The van der Waals surface area contributed by atoms with E-state index in [9.17, 15) is 27.2 Å². The van der Waals surface area contributed by atoms with Crippen LogP contribution in [0.4, 0.5) is 23.5 Å². The van der Waals surface area contributed by atoms with Gasteiger partial charge in [0.1, 0.15) is 12.4 Å². The van der Waals surface area contributed by atoms with Crippen molar-refractivity contribution >= 4 is 29.4 Å². The number of nitrogens with zero attached hydrogens (tertiary/aromatic N) is 3. The van der Waals surface area contributed by atoms with Crippen LogP contribution in [0.2, 0.25) is 5.02 Å². The van der Waals surface area contributed by atoms with Gasteiger partial charge in [0.15, 0.2) is 0 Å². The first-order chi connectivity index (χ1) is 13.6. The maximum Gasteiger partial charge on any atom is 0.419 e. The minimum Gasteiger partial charge on any atom is -0.329 e. The first kappa shape index (κ1) is 21.0. The summed E-state index contributed by atoms with van der Waals surface area (Å²) in [7, 11) is 0. The lowest BCUT2D eigenvalue weighted by molar-refractivity contribution is -0.140. The number of hydrogen-bond donors (Lipinski definition) is 1. The van der Waals surface area contributed by atoms with Crippen LogP contribution >= 0.6 is 11.6 Å². The van der Waals surface area contributed by atoms with E-state index in [1.165, 1.54) is 17.3 Å². The highest BCUT2D eigenvalue weighted by atomic mass is 35.5. The van der Waals surface area contributed by atoms with E-state index >= 15 is 0 Å². The molecule has 0 radical (unpaired) electrons. The average Bonchev–Trinajstić information content (AvgIpc) is 3.45. The second kappa shape index (κ2) is 8.32. The molecule has 0 aliphatic heterocycles. The first-order valence-corrected chi connectivity index (χ1v) is 8.94. The summed E-state index contributed by atoms with van der Waals surface area (Å²) in [6, 6.07) is 1.94. The van der Waals surface area contributed by atoms with Gasteiger partial charge in [-0.05, 0) is 37.0 Å². The molecule has 11 heteroatoms. The Kier molecular flexibility index (Phi) is 6.02. The zero-order valence-corrected chi connectivity index (χ0v) is 15.6. The third kappa shape index (κ3) is 5.63. The van der Waals surface area contributed by atoms with E-state index in [1.807, 2.05) is 0 Å². The van der Waals surface area contributed by atoms with Crippen LogP contribution in [0, 0.1) is 11.7 Å². The number of rotatable bonds is 6. The Morgan fingerprint density at radius 1 is 1.21 bits per heavy atom. The minimum atomic E-state index is -4.86. The molecule has 0 unspecified atom stereocenters. The molecule has 1 N–H and O–H groups in total. The summed E-state index contributed by atoms with van der Waals surface area (Å²) >= 11 is 5.67. The fraction of sp³-hybridized carbons (Fsp3) is 0.333. The highest BCUT2D eigenvalue weighted by Gasteiger charge is 2.35. The summed E-state index contributed by atoms with van der Waals surface area (Å²) in [6.07, 6.45) is -0.567. The number of hydrogen-bond acceptors (Lipinski definition) is 4. The van der Waals surface area contributed by atoms with E-state index < -0.39 is 29.4 Å². The Morgan fingerprint density at radius 2 is 1.86 bits per heavy atom. The van der Waals surface area contributed by atoms with Crippen molar-refractivity contribution in [1.82, 2.24) is 14.9 Å². The SMILES string of the molecule is O=C(CN(CC1CC1)C(=O)c1ccc(C(F)(F)F)c(F)c1)Nc1ncc(Cl)cn1. The molecule has 1 fully saturated rings. The molecule has 1 heterocycles. The number of alkyl halides is 3. The van der Waals surface area contributed by atoms with Crippen LogP contribution in [0.15, 0.2) is 30.6 Å². The summed E-state index contributed by atoms with van der Waals surface area (Å²) in [5.74, 6) is -2.71. The van der Waals surface area contributed by atoms with Crippen molar-refractivity contribution in [2.45, 2.75) is 19.0 Å². The molecule has 1 saturated carbocycles. The molecule has 2 amide bonds. The number of aromatic nitrogens is 2. The van der Waals surface area contributed by atoms with E-state index in [1.54, 1.807) is 0 Å². The van der Waals surface area contributed by atoms with E-state index in [2.05, 4.69) is 15.3 Å². The Labute approximate surface area is 167 Å². The lowest BCUT2D eigenvalue weighted by Gasteiger charge is -2.22. The molecule has 0 spiro atoms. The lowest BCUT2D eigenvalue weighted by atomic mass is 10.1. The van der Waals surface area contributed by atoms with Crippen LogP contribution in [-0.2, 0) is 11.0 Å². The normalized spacial score (nSPS) is 13.8. The quantitative estimate of drug-likeness (QED) is 0.708. The number of carbonyl (C=O) groups is 2. The molecule has 29 heavy (non-hydrogen) atoms. The highest BCUT2D eigenvalue weighted by Crippen LogP contribution is 2.33. The van der Waals surface area contributed by atoms with Crippen molar-refractivity contribution in [2.24, 2.45) is 5.92 Å². The van der Waals surface area contributed by atoms with Crippen molar-refractivity contribution in [2.75, 3.05) is 18.4 Å². The zero-order chi connectivity index (χ0) is 21.2. The molecule has 1 aromatic carbocycles. The van der Waals surface area contributed by atoms with Gasteiger partial charge in [0.2, 0.25) is 11.9 Å². The topological polar surface area (TPSA) is 75.2 Å². The molecule has 1 aromatic heterocycles. The summed E-state index contributed by atoms with van der Waals surface area (Å²) in [6.45, 7) is -0.152. The van der Waals surface area contributed by atoms with Crippen molar-refractivity contribution in [3.63, 3.8) is 0 Å². The van der Waals surface area contributed by atoms with E-state index in [0.29, 0.717) is 12.1 Å². The number of benzene rings is 1. The fourth-order valence-corrected chi connectivity index (χ4v) is 2.70. The van der Waals surface area contributed by atoms with E-state index in [-0.39, 0.29) is 35.5 Å². The van der Waals surface area contributed by atoms with Crippen LogP contribution in [0.1, 0.15) is 28.8 Å². The maximum atomic E-state index is 13.8. The smallest absolute Gasteiger partial charge is 0.329 e. The Hall–Kier alpha value is -2.75. The zero-order valence-electron chi connectivity index (χ0n) is 14.8. The van der Waals surface area contributed by atoms with Crippen molar-refractivity contribution < 1.29 is 27.2 Å². The van der Waals surface area contributed by atoms with Gasteiger partial charge in [-0.2, -0.15) is 13.2 Å². The third-order valence-electron chi connectivity index (χ3n) is 4.19. The lowest BCUT2D eigenvalue weighted by Crippen LogP contribution is -2.39. The Morgan fingerprint density at radius 3 is 2.41 bits per heavy atom. The van der Waals surface area contributed by atoms with Gasteiger partial charge in [-0.3, -0.25) is 14.9 Å². The van der Waals surface area contributed by atoms with Gasteiger partial charge < -0.3 is 4.90 Å². The fourth-order valence-electron chi connectivity index (χ4n) is 2.61. The van der Waals surface area contributed by atoms with Crippen molar-refractivity contribution in [1.29, 1.82) is 0 Å². The molecule has 154 valence electrons. The first-order valence-electron chi connectivity index (χ1n) is 8.57. The Balaban J connectivity index is 1.73. The maximum absolute atomic E-state index is 13.8. The second-order valence-corrected chi connectivity index (χ2v) is 7.03. The van der Waals surface area contributed by atoms with Crippen molar-refractivity contribution in [3.8, 4) is 0 Å².